The summed E-state index contributed by atoms with van der Waals surface area (Å²) in [6.45, 7) is 4.09. The van der Waals surface area contributed by atoms with Crippen LogP contribution in [-0.2, 0) is 14.3 Å². The smallest absolute Gasteiger partial charge is 0.266 e. The molecule has 7 heteroatoms. The van der Waals surface area contributed by atoms with Gasteiger partial charge >= 0.3 is 0 Å². The molecule has 0 aliphatic carbocycles. The molecule has 0 radical (unpaired) electrons. The Bertz CT molecular complexity index is 852. The Morgan fingerprint density at radius 1 is 1.10 bits per heavy atom. The number of para-hydroxylation sites is 2. The van der Waals surface area contributed by atoms with E-state index in [1.165, 1.54) is 4.90 Å². The zero-order chi connectivity index (χ0) is 20.1. The Morgan fingerprint density at radius 2 is 1.83 bits per heavy atom. The van der Waals surface area contributed by atoms with Crippen LogP contribution in [0.25, 0.3) is 0 Å². The molecule has 152 valence electrons. The van der Waals surface area contributed by atoms with Crippen LogP contribution in [0.3, 0.4) is 0 Å². The maximum absolute atomic E-state index is 12.8. The standard InChI is InChI=1S/C22H25N3O4/c26-21(14-20-22(27)24-17-8-4-5-9-19(17)29-20)23-18(16-6-2-1-3-7-16)15-25-10-12-28-13-11-25/h1-9,18,20H,10-15H2,(H,23,26)(H,24,27)/p+1/t18-,20+/m0/s1. The molecule has 1 saturated heterocycles. The van der Waals surface area contributed by atoms with Crippen LogP contribution < -0.4 is 20.3 Å². The number of benzene rings is 2. The summed E-state index contributed by atoms with van der Waals surface area (Å²) in [5.74, 6) is 0.0854. The zero-order valence-electron chi connectivity index (χ0n) is 16.2. The van der Waals surface area contributed by atoms with Gasteiger partial charge in [-0.2, -0.15) is 0 Å². The highest BCUT2D eigenvalue weighted by atomic mass is 16.5. The first-order chi connectivity index (χ1) is 14.2. The van der Waals surface area contributed by atoms with Crippen LogP contribution in [0.4, 0.5) is 5.69 Å². The molecule has 2 heterocycles. The lowest BCUT2D eigenvalue weighted by Crippen LogP contribution is -3.14. The summed E-state index contributed by atoms with van der Waals surface area (Å²) in [5.41, 5.74) is 1.69. The van der Waals surface area contributed by atoms with E-state index in [1.807, 2.05) is 42.5 Å². The number of nitrogens with one attached hydrogen (secondary N) is 3. The lowest BCUT2D eigenvalue weighted by atomic mass is 10.1. The molecule has 2 aliphatic rings. The molecular weight excluding hydrogens is 370 g/mol. The molecule has 0 saturated carbocycles. The number of amides is 2. The molecule has 0 unspecified atom stereocenters. The maximum atomic E-state index is 12.8. The number of quaternary nitrogens is 1. The van der Waals surface area contributed by atoms with Gasteiger partial charge in [0.05, 0.1) is 25.3 Å². The first-order valence-electron chi connectivity index (χ1n) is 10.0. The van der Waals surface area contributed by atoms with Gasteiger partial charge in [-0.3, -0.25) is 9.59 Å². The summed E-state index contributed by atoms with van der Waals surface area (Å²) in [6.07, 6.45) is -0.862. The van der Waals surface area contributed by atoms with Crippen molar-refractivity contribution >= 4 is 17.5 Å². The predicted octanol–water partition coefficient (Wildman–Crippen LogP) is 0.549. The Hall–Kier alpha value is -2.90. The van der Waals surface area contributed by atoms with Crippen molar-refractivity contribution in [1.29, 1.82) is 0 Å². The summed E-state index contributed by atoms with van der Waals surface area (Å²) in [4.78, 5) is 26.5. The van der Waals surface area contributed by atoms with Gasteiger partial charge in [0.15, 0.2) is 6.10 Å². The second-order valence-corrected chi connectivity index (χ2v) is 7.39. The normalized spacial score (nSPS) is 20.1. The van der Waals surface area contributed by atoms with E-state index in [9.17, 15) is 9.59 Å². The fraction of sp³-hybridized carbons (Fsp3) is 0.364. The second-order valence-electron chi connectivity index (χ2n) is 7.39. The molecule has 1 fully saturated rings. The van der Waals surface area contributed by atoms with Crippen LogP contribution in [0.2, 0.25) is 0 Å². The number of hydrogen-bond donors (Lipinski definition) is 3. The molecule has 2 aliphatic heterocycles. The Kier molecular flexibility index (Phi) is 6.07. The Labute approximate surface area is 170 Å². The van der Waals surface area contributed by atoms with Crippen LogP contribution in [-0.4, -0.2) is 50.8 Å². The second kappa shape index (κ2) is 9.07. The largest absolute Gasteiger partial charge is 0.478 e. The van der Waals surface area contributed by atoms with Crippen molar-refractivity contribution in [3.8, 4) is 5.75 Å². The third-order valence-corrected chi connectivity index (χ3v) is 5.31. The van der Waals surface area contributed by atoms with E-state index in [0.29, 0.717) is 11.4 Å². The fourth-order valence-corrected chi connectivity index (χ4v) is 3.74. The van der Waals surface area contributed by atoms with E-state index in [2.05, 4.69) is 10.6 Å². The van der Waals surface area contributed by atoms with Gasteiger partial charge in [-0.15, -0.1) is 0 Å². The van der Waals surface area contributed by atoms with Crippen molar-refractivity contribution in [1.82, 2.24) is 5.32 Å². The van der Waals surface area contributed by atoms with Crippen molar-refractivity contribution in [2.24, 2.45) is 0 Å². The minimum atomic E-state index is -0.836. The summed E-state index contributed by atoms with van der Waals surface area (Å²) in [6, 6.07) is 17.0. The Morgan fingerprint density at radius 3 is 2.62 bits per heavy atom. The lowest BCUT2D eigenvalue weighted by Gasteiger charge is -2.29. The van der Waals surface area contributed by atoms with Gasteiger partial charge in [-0.1, -0.05) is 42.5 Å². The summed E-state index contributed by atoms with van der Waals surface area (Å²) in [7, 11) is 0. The van der Waals surface area contributed by atoms with Crippen LogP contribution >= 0.6 is 0 Å². The zero-order valence-corrected chi connectivity index (χ0v) is 16.2. The first-order valence-corrected chi connectivity index (χ1v) is 10.0. The molecule has 0 aromatic heterocycles. The molecule has 2 atom stereocenters. The lowest BCUT2D eigenvalue weighted by molar-refractivity contribution is -0.909. The van der Waals surface area contributed by atoms with Gasteiger partial charge in [0.25, 0.3) is 5.91 Å². The van der Waals surface area contributed by atoms with Gasteiger partial charge in [0.1, 0.15) is 31.4 Å². The number of anilines is 1. The van der Waals surface area contributed by atoms with E-state index in [4.69, 9.17) is 9.47 Å². The van der Waals surface area contributed by atoms with Crippen LogP contribution in [0.15, 0.2) is 54.6 Å². The van der Waals surface area contributed by atoms with Crippen LogP contribution in [0.1, 0.15) is 18.0 Å². The van der Waals surface area contributed by atoms with Gasteiger partial charge in [0, 0.05) is 0 Å². The molecule has 4 rings (SSSR count). The number of carbonyl (C=O) groups is 2. The molecule has 2 amide bonds. The molecule has 2 aromatic carbocycles. The SMILES string of the molecule is O=C(C[C@H]1Oc2ccccc2NC1=O)N[C@@H](C[NH+]1CCOCC1)c1ccccc1. The topological polar surface area (TPSA) is 81.1 Å². The first kappa shape index (κ1) is 19.4. The number of ether oxygens (including phenoxy) is 2. The molecule has 29 heavy (non-hydrogen) atoms. The van der Waals surface area contributed by atoms with Crippen molar-refractivity contribution in [2.45, 2.75) is 18.6 Å². The Balaban J connectivity index is 1.41. The summed E-state index contributed by atoms with van der Waals surface area (Å²) < 4.78 is 11.2. The number of morpholine rings is 1. The van der Waals surface area contributed by atoms with Crippen molar-refractivity contribution in [2.75, 3.05) is 38.2 Å². The van der Waals surface area contributed by atoms with Crippen molar-refractivity contribution < 1.29 is 24.0 Å². The predicted molar refractivity (Wildman–Crippen MR) is 108 cm³/mol. The fourth-order valence-electron chi connectivity index (χ4n) is 3.74. The minimum absolute atomic E-state index is 0.0258. The molecular formula is C22H26N3O4+. The number of carbonyl (C=O) groups excluding carboxylic acids is 2. The average Bonchev–Trinajstić information content (AvgIpc) is 2.75. The number of hydrogen-bond acceptors (Lipinski definition) is 4. The number of rotatable bonds is 6. The quantitative estimate of drug-likeness (QED) is 0.666. The van der Waals surface area contributed by atoms with Crippen molar-refractivity contribution in [3.05, 3.63) is 60.2 Å². The van der Waals surface area contributed by atoms with Gasteiger partial charge in [-0.25, -0.2) is 0 Å². The van der Waals surface area contributed by atoms with Crippen LogP contribution in [0, 0.1) is 0 Å². The average molecular weight is 396 g/mol. The van der Waals surface area contributed by atoms with Gasteiger partial charge in [-0.05, 0) is 17.7 Å². The summed E-state index contributed by atoms with van der Waals surface area (Å²) >= 11 is 0. The van der Waals surface area contributed by atoms with E-state index in [-0.39, 0.29) is 24.3 Å². The molecule has 3 N–H and O–H groups in total. The summed E-state index contributed by atoms with van der Waals surface area (Å²) in [5, 5.41) is 5.92. The monoisotopic (exact) mass is 396 g/mol. The van der Waals surface area contributed by atoms with E-state index in [1.54, 1.807) is 12.1 Å². The molecule has 7 nitrogen and oxygen atoms in total. The third kappa shape index (κ3) is 4.93. The molecule has 0 spiro atoms. The van der Waals surface area contributed by atoms with E-state index >= 15 is 0 Å². The molecule has 0 bridgehead atoms. The third-order valence-electron chi connectivity index (χ3n) is 5.31. The van der Waals surface area contributed by atoms with Gasteiger partial charge < -0.3 is 25.0 Å². The molecule has 2 aromatic rings. The van der Waals surface area contributed by atoms with Crippen molar-refractivity contribution in [3.63, 3.8) is 0 Å². The highest BCUT2D eigenvalue weighted by Gasteiger charge is 2.31. The van der Waals surface area contributed by atoms with E-state index in [0.717, 1.165) is 38.4 Å². The van der Waals surface area contributed by atoms with E-state index < -0.39 is 6.10 Å². The highest BCUT2D eigenvalue weighted by molar-refractivity contribution is 5.99. The van der Waals surface area contributed by atoms with Gasteiger partial charge in [0.2, 0.25) is 5.91 Å². The minimum Gasteiger partial charge on any atom is -0.478 e. The number of fused-ring (bicyclic) bond motifs is 1. The highest BCUT2D eigenvalue weighted by Crippen LogP contribution is 2.29. The maximum Gasteiger partial charge on any atom is 0.266 e. The van der Waals surface area contributed by atoms with Crippen LogP contribution in [0.5, 0.6) is 5.75 Å².